The fraction of sp³-hybridized carbons (Fsp3) is 0.231. The number of thiazole rings is 1. The van der Waals surface area contributed by atoms with Crippen LogP contribution in [0.3, 0.4) is 0 Å². The van der Waals surface area contributed by atoms with Crippen LogP contribution in [-0.4, -0.2) is 29.5 Å². The molecule has 4 aromatic rings. The second kappa shape index (κ2) is 10.9. The minimum Gasteiger partial charge on any atom is -0.493 e. The van der Waals surface area contributed by atoms with Gasteiger partial charge in [0.2, 0.25) is 0 Å². The Kier molecular flexibility index (Phi) is 7.64. The van der Waals surface area contributed by atoms with Gasteiger partial charge in [-0.25, -0.2) is 4.98 Å². The Hall–Kier alpha value is -3.79. The van der Waals surface area contributed by atoms with Gasteiger partial charge >= 0.3 is 6.36 Å². The lowest BCUT2D eigenvalue weighted by molar-refractivity contribution is -0.274. The maximum absolute atomic E-state index is 13.3. The van der Waals surface area contributed by atoms with Crippen LogP contribution in [0.5, 0.6) is 17.2 Å². The molecule has 0 saturated heterocycles. The summed E-state index contributed by atoms with van der Waals surface area (Å²) in [4.78, 5) is 18.4. The Morgan fingerprint density at radius 2 is 1.89 bits per heavy atom. The number of rotatable bonds is 9. The van der Waals surface area contributed by atoms with E-state index in [0.29, 0.717) is 34.3 Å². The van der Waals surface area contributed by atoms with E-state index in [1.165, 1.54) is 40.0 Å². The van der Waals surface area contributed by atoms with Gasteiger partial charge in [-0.05, 0) is 42.3 Å². The summed E-state index contributed by atoms with van der Waals surface area (Å²) in [6, 6.07) is 10.6. The molecule has 0 unspecified atom stereocenters. The van der Waals surface area contributed by atoms with Gasteiger partial charge in [0.05, 0.1) is 25.0 Å². The first-order valence-corrected chi connectivity index (χ1v) is 12.0. The van der Waals surface area contributed by atoms with Crippen LogP contribution >= 0.6 is 11.3 Å². The predicted molar refractivity (Wildman–Crippen MR) is 134 cm³/mol. The van der Waals surface area contributed by atoms with E-state index in [0.717, 1.165) is 18.4 Å². The van der Waals surface area contributed by atoms with Crippen LogP contribution in [0.1, 0.15) is 31.0 Å². The minimum atomic E-state index is -4.81. The van der Waals surface area contributed by atoms with E-state index in [1.54, 1.807) is 36.9 Å². The first kappa shape index (κ1) is 25.3. The summed E-state index contributed by atoms with van der Waals surface area (Å²) in [7, 11) is 1.56. The molecule has 0 aliphatic carbocycles. The Balaban J connectivity index is 1.78. The maximum Gasteiger partial charge on any atom is 0.573 e. The number of aromatic nitrogens is 2. The third-order valence-electron chi connectivity index (χ3n) is 5.27. The highest BCUT2D eigenvalue weighted by Gasteiger charge is 2.31. The van der Waals surface area contributed by atoms with Gasteiger partial charge in [0.25, 0.3) is 5.56 Å². The number of halogens is 3. The number of hydrogen-bond acceptors (Lipinski definition) is 6. The van der Waals surface area contributed by atoms with Crippen LogP contribution in [0.15, 0.2) is 58.8 Å². The number of benzene rings is 2. The fourth-order valence-corrected chi connectivity index (χ4v) is 4.29. The van der Waals surface area contributed by atoms with Gasteiger partial charge in [-0.1, -0.05) is 37.6 Å². The van der Waals surface area contributed by atoms with E-state index in [-0.39, 0.29) is 16.9 Å². The molecular formula is C26H23F3N2O4S. The summed E-state index contributed by atoms with van der Waals surface area (Å²) in [6.45, 7) is 2.59. The second-order valence-corrected chi connectivity index (χ2v) is 8.59. The Bertz CT molecular complexity index is 1430. The van der Waals surface area contributed by atoms with E-state index >= 15 is 0 Å². The van der Waals surface area contributed by atoms with Crippen molar-refractivity contribution in [3.05, 3.63) is 75.7 Å². The van der Waals surface area contributed by atoms with E-state index < -0.39 is 6.36 Å². The standard InChI is InChI=1S/C26H23F3N2O4S/c1-3-4-15-34-23-18(6-5-7-21(23)33-2)10-13-20-22(24(32)31-14-16-36-25(31)30-20)17-8-11-19(12-9-17)35-26(27,28)29/h5-14,16H,3-4,15H2,1-2H3. The number of alkyl halides is 3. The number of ether oxygens (including phenoxy) is 3. The van der Waals surface area contributed by atoms with Crippen molar-refractivity contribution in [3.63, 3.8) is 0 Å². The Morgan fingerprint density at radius 3 is 2.58 bits per heavy atom. The van der Waals surface area contributed by atoms with Crippen molar-refractivity contribution in [3.8, 4) is 28.4 Å². The summed E-state index contributed by atoms with van der Waals surface area (Å²) in [5, 5.41) is 1.74. The normalized spacial score (nSPS) is 11.8. The highest BCUT2D eigenvalue weighted by atomic mass is 32.1. The van der Waals surface area contributed by atoms with Crippen LogP contribution in [0.25, 0.3) is 28.2 Å². The van der Waals surface area contributed by atoms with Gasteiger partial charge in [-0.3, -0.25) is 9.20 Å². The van der Waals surface area contributed by atoms with Crippen LogP contribution in [-0.2, 0) is 0 Å². The molecule has 0 atom stereocenters. The number of fused-ring (bicyclic) bond motifs is 1. The molecule has 0 aliphatic rings. The summed E-state index contributed by atoms with van der Waals surface area (Å²) >= 11 is 1.30. The molecule has 2 aromatic carbocycles. The van der Waals surface area contributed by atoms with Crippen molar-refractivity contribution < 1.29 is 27.4 Å². The Morgan fingerprint density at radius 1 is 1.11 bits per heavy atom. The molecule has 6 nitrogen and oxygen atoms in total. The highest BCUT2D eigenvalue weighted by molar-refractivity contribution is 7.15. The minimum absolute atomic E-state index is 0.247. The second-order valence-electron chi connectivity index (χ2n) is 7.72. The molecule has 0 fully saturated rings. The van der Waals surface area contributed by atoms with Gasteiger partial charge in [-0.15, -0.1) is 24.5 Å². The van der Waals surface area contributed by atoms with Crippen LogP contribution in [0, 0.1) is 0 Å². The highest BCUT2D eigenvalue weighted by Crippen LogP contribution is 2.33. The number of para-hydroxylation sites is 1. The van der Waals surface area contributed by atoms with E-state index in [9.17, 15) is 18.0 Å². The molecule has 36 heavy (non-hydrogen) atoms. The number of nitrogens with zero attached hydrogens (tertiary/aromatic N) is 2. The van der Waals surface area contributed by atoms with Crippen LogP contribution < -0.4 is 19.8 Å². The van der Waals surface area contributed by atoms with E-state index in [1.807, 2.05) is 12.1 Å². The van der Waals surface area contributed by atoms with Crippen LogP contribution in [0.4, 0.5) is 13.2 Å². The fourth-order valence-electron chi connectivity index (χ4n) is 3.58. The van der Waals surface area contributed by atoms with Gasteiger partial charge in [0.15, 0.2) is 16.5 Å². The zero-order valence-corrected chi connectivity index (χ0v) is 20.4. The van der Waals surface area contributed by atoms with Crippen molar-refractivity contribution in [2.75, 3.05) is 13.7 Å². The van der Waals surface area contributed by atoms with E-state index in [2.05, 4.69) is 16.6 Å². The van der Waals surface area contributed by atoms with E-state index in [4.69, 9.17) is 9.47 Å². The van der Waals surface area contributed by atoms with Crippen molar-refractivity contribution in [1.29, 1.82) is 0 Å². The molecule has 0 saturated carbocycles. The number of unbranched alkanes of at least 4 members (excludes halogenated alkanes) is 1. The molecule has 0 aliphatic heterocycles. The van der Waals surface area contributed by atoms with Crippen molar-refractivity contribution in [1.82, 2.24) is 9.38 Å². The molecule has 10 heteroatoms. The first-order chi connectivity index (χ1) is 17.3. The third-order valence-corrected chi connectivity index (χ3v) is 6.02. The molecule has 0 radical (unpaired) electrons. The Labute approximate surface area is 209 Å². The lowest BCUT2D eigenvalue weighted by atomic mass is 10.0. The third kappa shape index (κ3) is 5.71. The van der Waals surface area contributed by atoms with Gasteiger partial charge in [-0.2, -0.15) is 0 Å². The van der Waals surface area contributed by atoms with Crippen LogP contribution in [0.2, 0.25) is 0 Å². The molecule has 0 bridgehead atoms. The first-order valence-electron chi connectivity index (χ1n) is 11.1. The molecular weight excluding hydrogens is 493 g/mol. The molecule has 188 valence electrons. The lowest BCUT2D eigenvalue weighted by Crippen LogP contribution is -2.18. The van der Waals surface area contributed by atoms with Crippen molar-refractivity contribution in [2.45, 2.75) is 26.1 Å². The SMILES string of the molecule is CCCCOc1c(C=Cc2nc3sccn3c(=O)c2-c2ccc(OC(F)(F)F)cc2)cccc1OC. The zero-order valence-electron chi connectivity index (χ0n) is 19.5. The maximum atomic E-state index is 13.3. The lowest BCUT2D eigenvalue weighted by Gasteiger charge is -2.13. The molecule has 0 N–H and O–H groups in total. The molecule has 2 heterocycles. The quantitative estimate of drug-likeness (QED) is 0.232. The molecule has 0 amide bonds. The zero-order chi connectivity index (χ0) is 25.7. The van der Waals surface area contributed by atoms with Crippen molar-refractivity contribution >= 4 is 28.4 Å². The largest absolute Gasteiger partial charge is 0.573 e. The summed E-state index contributed by atoms with van der Waals surface area (Å²) in [5.74, 6) is 0.780. The van der Waals surface area contributed by atoms with Gasteiger partial charge < -0.3 is 14.2 Å². The topological polar surface area (TPSA) is 62.1 Å². The number of methoxy groups -OCH3 is 1. The summed E-state index contributed by atoms with van der Waals surface area (Å²) in [5.41, 5.74) is 1.42. The average molecular weight is 517 g/mol. The molecule has 4 rings (SSSR count). The smallest absolute Gasteiger partial charge is 0.493 e. The number of hydrogen-bond donors (Lipinski definition) is 0. The van der Waals surface area contributed by atoms with Crippen molar-refractivity contribution in [2.24, 2.45) is 0 Å². The molecule has 0 spiro atoms. The summed E-state index contributed by atoms with van der Waals surface area (Å²) in [6.07, 6.45) is 2.13. The summed E-state index contributed by atoms with van der Waals surface area (Å²) < 4.78 is 54.5. The average Bonchev–Trinajstić information content (AvgIpc) is 3.32. The van der Waals surface area contributed by atoms with Gasteiger partial charge in [0, 0.05) is 17.1 Å². The van der Waals surface area contributed by atoms with Gasteiger partial charge in [0.1, 0.15) is 5.75 Å². The predicted octanol–water partition coefficient (Wildman–Crippen LogP) is 6.68. The monoisotopic (exact) mass is 516 g/mol. The molecule has 2 aromatic heterocycles.